The number of anilines is 1. The summed E-state index contributed by atoms with van der Waals surface area (Å²) >= 11 is 5.95. The monoisotopic (exact) mass is 324 g/mol. The van der Waals surface area contributed by atoms with E-state index in [4.69, 9.17) is 16.3 Å². The Morgan fingerprint density at radius 2 is 2.29 bits per heavy atom. The van der Waals surface area contributed by atoms with Crippen molar-refractivity contribution in [2.24, 2.45) is 5.92 Å². The molecule has 1 aromatic heterocycles. The van der Waals surface area contributed by atoms with Crippen molar-refractivity contribution in [3.63, 3.8) is 0 Å². The molecule has 21 heavy (non-hydrogen) atoms. The fraction of sp³-hybridized carbons (Fsp3) is 0.667. The van der Waals surface area contributed by atoms with Crippen molar-refractivity contribution in [3.05, 3.63) is 11.2 Å². The Kier molecular flexibility index (Phi) is 5.10. The SMILES string of the molecule is COc1ncc(Cl)c(NC[C@H]2CCN(CC(F)(F)F)C2)n1. The van der Waals surface area contributed by atoms with Crippen LogP contribution in [-0.4, -0.2) is 54.3 Å². The van der Waals surface area contributed by atoms with Crippen molar-refractivity contribution >= 4 is 17.4 Å². The van der Waals surface area contributed by atoms with Crippen molar-refractivity contribution in [2.75, 3.05) is 38.6 Å². The van der Waals surface area contributed by atoms with Gasteiger partial charge in [-0.2, -0.15) is 18.2 Å². The van der Waals surface area contributed by atoms with Crippen LogP contribution in [0.3, 0.4) is 0 Å². The van der Waals surface area contributed by atoms with E-state index < -0.39 is 12.7 Å². The Labute approximate surface area is 125 Å². The molecule has 1 aliphatic heterocycles. The molecule has 0 saturated carbocycles. The van der Waals surface area contributed by atoms with Crippen molar-refractivity contribution in [1.82, 2.24) is 14.9 Å². The summed E-state index contributed by atoms with van der Waals surface area (Å²) in [6.07, 6.45) is -2.02. The first kappa shape index (κ1) is 16.1. The van der Waals surface area contributed by atoms with Gasteiger partial charge in [-0.1, -0.05) is 11.6 Å². The highest BCUT2D eigenvalue weighted by atomic mass is 35.5. The number of nitrogens with one attached hydrogen (secondary N) is 1. The molecule has 2 heterocycles. The highest BCUT2D eigenvalue weighted by molar-refractivity contribution is 6.32. The smallest absolute Gasteiger partial charge is 0.401 e. The van der Waals surface area contributed by atoms with E-state index in [1.54, 1.807) is 0 Å². The van der Waals surface area contributed by atoms with E-state index in [9.17, 15) is 13.2 Å². The van der Waals surface area contributed by atoms with Gasteiger partial charge in [0, 0.05) is 13.1 Å². The molecule has 118 valence electrons. The lowest BCUT2D eigenvalue weighted by molar-refractivity contribution is -0.143. The molecule has 0 aliphatic carbocycles. The highest BCUT2D eigenvalue weighted by Gasteiger charge is 2.34. The van der Waals surface area contributed by atoms with E-state index >= 15 is 0 Å². The molecule has 0 bridgehead atoms. The molecular formula is C12H16ClF3N4O. The second kappa shape index (κ2) is 6.65. The van der Waals surface area contributed by atoms with Gasteiger partial charge in [0.1, 0.15) is 5.02 Å². The van der Waals surface area contributed by atoms with Crippen molar-refractivity contribution in [1.29, 1.82) is 0 Å². The van der Waals surface area contributed by atoms with E-state index in [0.29, 0.717) is 36.9 Å². The van der Waals surface area contributed by atoms with Crippen LogP contribution in [0.15, 0.2) is 6.20 Å². The normalized spacial score (nSPS) is 19.8. The number of alkyl halides is 3. The zero-order valence-corrected chi connectivity index (χ0v) is 12.2. The Bertz CT molecular complexity index is 486. The van der Waals surface area contributed by atoms with Crippen LogP contribution in [0.4, 0.5) is 19.0 Å². The van der Waals surface area contributed by atoms with Gasteiger partial charge in [-0.25, -0.2) is 4.98 Å². The van der Waals surface area contributed by atoms with Crippen LogP contribution in [0.5, 0.6) is 6.01 Å². The standard InChI is InChI=1S/C12H16ClF3N4O/c1-21-11-18-5-9(13)10(19-11)17-4-8-2-3-20(6-8)7-12(14,15)16/h5,8H,2-4,6-7H2,1H3,(H,17,18,19)/t8-/m1/s1. The fourth-order valence-corrected chi connectivity index (χ4v) is 2.45. The largest absolute Gasteiger partial charge is 0.467 e. The Morgan fingerprint density at radius 1 is 1.52 bits per heavy atom. The number of nitrogens with zero attached hydrogens (tertiary/aromatic N) is 3. The Morgan fingerprint density at radius 3 is 2.95 bits per heavy atom. The number of hydrogen-bond acceptors (Lipinski definition) is 5. The molecule has 1 aromatic rings. The van der Waals surface area contributed by atoms with Crippen LogP contribution in [0.2, 0.25) is 5.02 Å². The molecule has 9 heteroatoms. The van der Waals surface area contributed by atoms with Gasteiger partial charge in [0.25, 0.3) is 0 Å². The van der Waals surface area contributed by atoms with E-state index in [1.807, 2.05) is 0 Å². The minimum atomic E-state index is -4.15. The summed E-state index contributed by atoms with van der Waals surface area (Å²) in [7, 11) is 1.44. The second-order valence-corrected chi connectivity index (χ2v) is 5.35. The maximum atomic E-state index is 12.3. The first-order valence-corrected chi connectivity index (χ1v) is 6.84. The molecule has 0 aromatic carbocycles. The van der Waals surface area contributed by atoms with Crippen LogP contribution < -0.4 is 10.1 Å². The first-order valence-electron chi connectivity index (χ1n) is 6.47. The average Bonchev–Trinajstić information content (AvgIpc) is 2.83. The van der Waals surface area contributed by atoms with E-state index in [-0.39, 0.29) is 11.9 Å². The van der Waals surface area contributed by atoms with Crippen LogP contribution in [0.25, 0.3) is 0 Å². The van der Waals surface area contributed by atoms with Crippen LogP contribution in [-0.2, 0) is 0 Å². The molecular weight excluding hydrogens is 309 g/mol. The number of ether oxygens (including phenoxy) is 1. The number of likely N-dealkylation sites (tertiary alicyclic amines) is 1. The molecule has 1 aliphatic rings. The third-order valence-electron chi connectivity index (χ3n) is 3.24. The molecule has 2 rings (SSSR count). The van der Waals surface area contributed by atoms with Gasteiger partial charge in [-0.3, -0.25) is 4.90 Å². The third kappa shape index (κ3) is 4.89. The first-order chi connectivity index (χ1) is 9.87. The summed E-state index contributed by atoms with van der Waals surface area (Å²) in [5.41, 5.74) is 0. The van der Waals surface area contributed by atoms with Crippen LogP contribution in [0.1, 0.15) is 6.42 Å². The number of halogens is 4. The third-order valence-corrected chi connectivity index (χ3v) is 3.51. The van der Waals surface area contributed by atoms with E-state index in [1.165, 1.54) is 18.2 Å². The van der Waals surface area contributed by atoms with Gasteiger partial charge in [-0.05, 0) is 18.9 Å². The average molecular weight is 325 g/mol. The predicted molar refractivity (Wildman–Crippen MR) is 72.7 cm³/mol. The van der Waals surface area contributed by atoms with Gasteiger partial charge in [0.2, 0.25) is 0 Å². The molecule has 0 amide bonds. The Hall–Kier alpha value is -1.28. The van der Waals surface area contributed by atoms with Gasteiger partial charge < -0.3 is 10.1 Å². The topological polar surface area (TPSA) is 50.3 Å². The molecule has 5 nitrogen and oxygen atoms in total. The van der Waals surface area contributed by atoms with Crippen molar-refractivity contribution in [3.8, 4) is 6.01 Å². The lowest BCUT2D eigenvalue weighted by Gasteiger charge is -2.18. The number of methoxy groups -OCH3 is 1. The zero-order chi connectivity index (χ0) is 15.5. The summed E-state index contributed by atoms with van der Waals surface area (Å²) in [6, 6.07) is 0.187. The molecule has 0 radical (unpaired) electrons. The molecule has 1 atom stereocenters. The number of hydrogen-bond donors (Lipinski definition) is 1. The van der Waals surface area contributed by atoms with Crippen molar-refractivity contribution < 1.29 is 17.9 Å². The summed E-state index contributed by atoms with van der Waals surface area (Å²) in [6.45, 7) is 0.513. The quantitative estimate of drug-likeness (QED) is 0.901. The summed E-state index contributed by atoms with van der Waals surface area (Å²) < 4.78 is 41.8. The van der Waals surface area contributed by atoms with Gasteiger partial charge >= 0.3 is 12.2 Å². The zero-order valence-electron chi connectivity index (χ0n) is 11.5. The van der Waals surface area contributed by atoms with Gasteiger partial charge in [-0.15, -0.1) is 0 Å². The van der Waals surface area contributed by atoms with Crippen LogP contribution >= 0.6 is 11.6 Å². The summed E-state index contributed by atoms with van der Waals surface area (Å²) in [5.74, 6) is 0.558. The number of aromatic nitrogens is 2. The predicted octanol–water partition coefficient (Wildman–Crippen LogP) is 2.43. The molecule has 0 unspecified atom stereocenters. The fourth-order valence-electron chi connectivity index (χ4n) is 2.29. The minimum absolute atomic E-state index is 0.129. The highest BCUT2D eigenvalue weighted by Crippen LogP contribution is 2.24. The van der Waals surface area contributed by atoms with E-state index in [2.05, 4.69) is 15.3 Å². The van der Waals surface area contributed by atoms with E-state index in [0.717, 1.165) is 0 Å². The maximum absolute atomic E-state index is 12.3. The van der Waals surface area contributed by atoms with Crippen molar-refractivity contribution in [2.45, 2.75) is 12.6 Å². The summed E-state index contributed by atoms with van der Waals surface area (Å²) in [4.78, 5) is 9.32. The minimum Gasteiger partial charge on any atom is -0.467 e. The van der Waals surface area contributed by atoms with Crippen LogP contribution in [0, 0.1) is 5.92 Å². The molecule has 1 saturated heterocycles. The molecule has 1 N–H and O–H groups in total. The molecule has 1 fully saturated rings. The van der Waals surface area contributed by atoms with Gasteiger partial charge in [0.05, 0.1) is 19.9 Å². The van der Waals surface area contributed by atoms with Gasteiger partial charge in [0.15, 0.2) is 5.82 Å². The lowest BCUT2D eigenvalue weighted by atomic mass is 10.1. The Balaban J connectivity index is 1.84. The lowest BCUT2D eigenvalue weighted by Crippen LogP contribution is -2.33. The maximum Gasteiger partial charge on any atom is 0.401 e. The second-order valence-electron chi connectivity index (χ2n) is 4.94. The molecule has 0 spiro atoms. The number of rotatable bonds is 5. The summed E-state index contributed by atoms with van der Waals surface area (Å²) in [5, 5.41) is 3.39.